The number of hydrogen-bond acceptors (Lipinski definition) is 3. The van der Waals surface area contributed by atoms with E-state index in [1.807, 2.05) is 23.1 Å². The van der Waals surface area contributed by atoms with Gasteiger partial charge in [0, 0.05) is 14.7 Å². The van der Waals surface area contributed by atoms with Crippen molar-refractivity contribution in [3.05, 3.63) is 63.2 Å². The Balaban J connectivity index is 1.96. The molecule has 2 aliphatic heterocycles. The number of halogens is 1. The second-order valence-electron chi connectivity index (χ2n) is 5.21. The Hall–Kier alpha value is -2.02. The van der Waals surface area contributed by atoms with Gasteiger partial charge in [-0.25, -0.2) is 0 Å². The molecule has 4 rings (SSSR count). The highest BCUT2D eigenvalue weighted by Gasteiger charge is 2.29. The number of fused-ring (bicyclic) bond motifs is 3. The summed E-state index contributed by atoms with van der Waals surface area (Å²) in [5.41, 5.74) is 4.13. The third-order valence-electron chi connectivity index (χ3n) is 3.82. The lowest BCUT2D eigenvalue weighted by molar-refractivity contribution is 1.25. The molecule has 0 aromatic heterocycles. The molecule has 2 heterocycles. The van der Waals surface area contributed by atoms with Crippen LogP contribution < -0.4 is 4.90 Å². The van der Waals surface area contributed by atoms with Gasteiger partial charge in [-0.2, -0.15) is 0 Å². The maximum atomic E-state index is 8.18. The number of nitrogens with zero attached hydrogens (tertiary/aromatic N) is 3. The molecule has 0 saturated carbocycles. The van der Waals surface area contributed by atoms with Gasteiger partial charge in [-0.1, -0.05) is 30.3 Å². The molecule has 108 valence electrons. The van der Waals surface area contributed by atoms with Crippen molar-refractivity contribution in [3.8, 4) is 0 Å². The fourth-order valence-corrected chi connectivity index (χ4v) is 3.33. The van der Waals surface area contributed by atoms with E-state index in [1.165, 1.54) is 0 Å². The Morgan fingerprint density at radius 2 is 1.82 bits per heavy atom. The van der Waals surface area contributed by atoms with Gasteiger partial charge in [0.15, 0.2) is 0 Å². The Morgan fingerprint density at radius 3 is 2.64 bits per heavy atom. The minimum atomic E-state index is 0.441. The van der Waals surface area contributed by atoms with Crippen molar-refractivity contribution in [2.24, 2.45) is 9.98 Å². The second kappa shape index (κ2) is 5.31. The Bertz CT molecular complexity index is 824. The van der Waals surface area contributed by atoms with Crippen LogP contribution >= 0.6 is 22.6 Å². The van der Waals surface area contributed by atoms with E-state index in [4.69, 9.17) is 10.4 Å². The first-order chi connectivity index (χ1) is 10.7. The molecular weight excluding hydrogens is 387 g/mol. The molecule has 0 amide bonds. The van der Waals surface area contributed by atoms with Crippen molar-refractivity contribution < 1.29 is 0 Å². The van der Waals surface area contributed by atoms with Crippen molar-refractivity contribution in [3.63, 3.8) is 0 Å². The molecule has 4 nitrogen and oxygen atoms in total. The fourth-order valence-electron chi connectivity index (χ4n) is 2.84. The Kier molecular flexibility index (Phi) is 3.29. The number of aliphatic imine (C=N–C) groups is 2. The molecule has 0 atom stereocenters. The van der Waals surface area contributed by atoms with E-state index in [-0.39, 0.29) is 0 Å². The Labute approximate surface area is 142 Å². The predicted octanol–water partition coefficient (Wildman–Crippen LogP) is 3.34. The van der Waals surface area contributed by atoms with Crippen molar-refractivity contribution in [1.29, 1.82) is 5.41 Å². The number of benzene rings is 2. The molecule has 0 saturated heterocycles. The standard InChI is InChI=1S/C17H13IN4/c18-12-6-7-14-13(8-12)17(11-4-2-1-3-5-11)21-10-16-20-9-15(19)22(14)16/h1-8,19H,9-10H2. The van der Waals surface area contributed by atoms with Crippen molar-refractivity contribution in [1.82, 2.24) is 0 Å². The molecule has 0 fully saturated rings. The van der Waals surface area contributed by atoms with Gasteiger partial charge in [0.2, 0.25) is 0 Å². The van der Waals surface area contributed by atoms with Gasteiger partial charge in [0.05, 0.1) is 24.5 Å². The zero-order chi connectivity index (χ0) is 15.1. The highest BCUT2D eigenvalue weighted by atomic mass is 127. The van der Waals surface area contributed by atoms with E-state index in [0.29, 0.717) is 18.9 Å². The molecule has 0 spiro atoms. The molecule has 1 N–H and O–H groups in total. The maximum absolute atomic E-state index is 8.18. The number of anilines is 1. The van der Waals surface area contributed by atoms with E-state index < -0.39 is 0 Å². The summed E-state index contributed by atoms with van der Waals surface area (Å²) in [7, 11) is 0. The summed E-state index contributed by atoms with van der Waals surface area (Å²) < 4.78 is 1.16. The van der Waals surface area contributed by atoms with Gasteiger partial charge in [-0.05, 0) is 40.8 Å². The summed E-state index contributed by atoms with van der Waals surface area (Å²) in [6, 6.07) is 16.5. The first kappa shape index (κ1) is 13.6. The van der Waals surface area contributed by atoms with Crippen LogP contribution in [0.2, 0.25) is 0 Å². The van der Waals surface area contributed by atoms with E-state index >= 15 is 0 Å². The second-order valence-corrected chi connectivity index (χ2v) is 6.45. The van der Waals surface area contributed by atoms with E-state index in [0.717, 1.165) is 31.9 Å². The van der Waals surface area contributed by atoms with Gasteiger partial charge >= 0.3 is 0 Å². The smallest absolute Gasteiger partial charge is 0.131 e. The number of hydrogen-bond donors (Lipinski definition) is 1. The molecule has 2 aromatic carbocycles. The number of nitrogens with one attached hydrogen (secondary N) is 1. The highest BCUT2D eigenvalue weighted by molar-refractivity contribution is 14.1. The van der Waals surface area contributed by atoms with Crippen molar-refractivity contribution >= 4 is 45.7 Å². The molecule has 22 heavy (non-hydrogen) atoms. The van der Waals surface area contributed by atoms with Crippen LogP contribution in [-0.2, 0) is 0 Å². The summed E-state index contributed by atoms with van der Waals surface area (Å²) in [5, 5.41) is 8.18. The van der Waals surface area contributed by atoms with Gasteiger partial charge in [0.25, 0.3) is 0 Å². The molecule has 0 radical (unpaired) electrons. The van der Waals surface area contributed by atoms with Crippen LogP contribution in [0, 0.1) is 8.98 Å². The van der Waals surface area contributed by atoms with Crippen LogP contribution in [0.15, 0.2) is 58.5 Å². The lowest BCUT2D eigenvalue weighted by Gasteiger charge is -2.21. The summed E-state index contributed by atoms with van der Waals surface area (Å²) in [6.07, 6.45) is 0. The summed E-state index contributed by atoms with van der Waals surface area (Å²) >= 11 is 2.32. The molecule has 2 aliphatic rings. The van der Waals surface area contributed by atoms with Gasteiger partial charge in [0.1, 0.15) is 11.7 Å². The quantitative estimate of drug-likeness (QED) is 0.734. The maximum Gasteiger partial charge on any atom is 0.131 e. The normalized spacial score (nSPS) is 16.6. The van der Waals surface area contributed by atoms with Crippen LogP contribution in [0.1, 0.15) is 11.1 Å². The van der Waals surface area contributed by atoms with Crippen LogP contribution in [0.4, 0.5) is 5.69 Å². The average Bonchev–Trinajstić information content (AvgIpc) is 2.82. The monoisotopic (exact) mass is 400 g/mol. The lowest BCUT2D eigenvalue weighted by atomic mass is 10.0. The predicted molar refractivity (Wildman–Crippen MR) is 98.6 cm³/mol. The molecule has 5 heteroatoms. The van der Waals surface area contributed by atoms with Crippen LogP contribution in [0.5, 0.6) is 0 Å². The van der Waals surface area contributed by atoms with Crippen LogP contribution in [0.25, 0.3) is 0 Å². The van der Waals surface area contributed by atoms with Gasteiger partial charge in [-0.3, -0.25) is 20.3 Å². The van der Waals surface area contributed by atoms with E-state index in [1.54, 1.807) is 0 Å². The SMILES string of the molecule is N=C1CN=C2CN=C(c3ccccc3)c3cc(I)ccc3N12. The molecule has 0 unspecified atom stereocenters. The molecule has 2 aromatic rings. The number of amidine groups is 2. The lowest BCUT2D eigenvalue weighted by Crippen LogP contribution is -2.33. The zero-order valence-electron chi connectivity index (χ0n) is 11.8. The molecular formula is C17H13IN4. The first-order valence-corrected chi connectivity index (χ1v) is 8.12. The highest BCUT2D eigenvalue weighted by Crippen LogP contribution is 2.30. The molecule has 0 bridgehead atoms. The minimum absolute atomic E-state index is 0.441. The minimum Gasteiger partial charge on any atom is -0.286 e. The topological polar surface area (TPSA) is 51.8 Å². The third-order valence-corrected chi connectivity index (χ3v) is 4.49. The number of rotatable bonds is 1. The third kappa shape index (κ3) is 2.16. The average molecular weight is 400 g/mol. The van der Waals surface area contributed by atoms with Crippen molar-refractivity contribution in [2.45, 2.75) is 0 Å². The van der Waals surface area contributed by atoms with Crippen LogP contribution in [0.3, 0.4) is 0 Å². The molecule has 0 aliphatic carbocycles. The van der Waals surface area contributed by atoms with Gasteiger partial charge < -0.3 is 0 Å². The van der Waals surface area contributed by atoms with E-state index in [9.17, 15) is 0 Å². The zero-order valence-corrected chi connectivity index (χ0v) is 13.9. The Morgan fingerprint density at radius 1 is 1.00 bits per heavy atom. The summed E-state index contributed by atoms with van der Waals surface area (Å²) in [4.78, 5) is 11.2. The summed E-state index contributed by atoms with van der Waals surface area (Å²) in [5.74, 6) is 1.38. The van der Waals surface area contributed by atoms with Gasteiger partial charge in [-0.15, -0.1) is 0 Å². The van der Waals surface area contributed by atoms with E-state index in [2.05, 4.69) is 57.9 Å². The largest absolute Gasteiger partial charge is 0.286 e. The summed E-state index contributed by atoms with van der Waals surface area (Å²) in [6.45, 7) is 0.953. The first-order valence-electron chi connectivity index (χ1n) is 7.05. The fraction of sp³-hybridized carbons (Fsp3) is 0.118. The van der Waals surface area contributed by atoms with Crippen molar-refractivity contribution in [2.75, 3.05) is 18.0 Å². The van der Waals surface area contributed by atoms with Crippen LogP contribution in [-0.4, -0.2) is 30.5 Å².